The van der Waals surface area contributed by atoms with Crippen LogP contribution in [0.25, 0.3) is 0 Å². The van der Waals surface area contributed by atoms with Gasteiger partial charge >= 0.3 is 0 Å². The van der Waals surface area contributed by atoms with Gasteiger partial charge in [-0.3, -0.25) is 0 Å². The minimum Gasteiger partial charge on any atom is -0.437 e. The molecule has 0 fully saturated rings. The molecule has 17 heavy (non-hydrogen) atoms. The van der Waals surface area contributed by atoms with Crippen molar-refractivity contribution in [2.45, 2.75) is 6.92 Å². The highest BCUT2D eigenvalue weighted by Gasteiger charge is 2.08. The number of hydrogen-bond donors (Lipinski definition) is 0. The summed E-state index contributed by atoms with van der Waals surface area (Å²) in [6, 6.07) is 5.34. The number of nitrogens with zero attached hydrogens (tertiary/aromatic N) is 2. The molecule has 0 spiro atoms. The van der Waals surface area contributed by atoms with Crippen molar-refractivity contribution in [1.29, 1.82) is 0 Å². The van der Waals surface area contributed by atoms with E-state index >= 15 is 0 Å². The van der Waals surface area contributed by atoms with E-state index in [1.54, 1.807) is 12.1 Å². The molecular formula is C11H7BrCl2N2O. The van der Waals surface area contributed by atoms with Gasteiger partial charge in [-0.25, -0.2) is 4.98 Å². The van der Waals surface area contributed by atoms with E-state index in [0.717, 1.165) is 5.56 Å². The highest BCUT2D eigenvalue weighted by Crippen LogP contribution is 2.30. The highest BCUT2D eigenvalue weighted by molar-refractivity contribution is 9.10. The average Bonchev–Trinajstić information content (AvgIpc) is 2.27. The lowest BCUT2D eigenvalue weighted by Crippen LogP contribution is -1.93. The van der Waals surface area contributed by atoms with Crippen LogP contribution in [0.5, 0.6) is 11.6 Å². The van der Waals surface area contributed by atoms with Gasteiger partial charge in [0.05, 0.1) is 4.47 Å². The molecule has 0 saturated heterocycles. The second-order valence-corrected chi connectivity index (χ2v) is 4.93. The third kappa shape index (κ3) is 3.09. The maximum atomic E-state index is 5.86. The SMILES string of the molecule is Cc1cc(Cl)ccc1Oc1nc(Cl)ncc1Br. The molecular weight excluding hydrogens is 327 g/mol. The topological polar surface area (TPSA) is 35.0 Å². The van der Waals surface area contributed by atoms with Crippen LogP contribution in [-0.2, 0) is 0 Å². The molecule has 0 N–H and O–H groups in total. The first-order chi connectivity index (χ1) is 8.06. The molecule has 88 valence electrons. The highest BCUT2D eigenvalue weighted by atomic mass is 79.9. The minimum atomic E-state index is 0.134. The standard InChI is InChI=1S/C11H7BrCl2N2O/c1-6-4-7(13)2-3-9(6)17-10-8(12)5-15-11(14)16-10/h2-5H,1H3. The lowest BCUT2D eigenvalue weighted by atomic mass is 10.2. The zero-order valence-corrected chi connectivity index (χ0v) is 11.8. The van der Waals surface area contributed by atoms with E-state index < -0.39 is 0 Å². The molecule has 1 aromatic carbocycles. The molecule has 1 heterocycles. The van der Waals surface area contributed by atoms with Crippen molar-refractivity contribution in [2.75, 3.05) is 0 Å². The van der Waals surface area contributed by atoms with Gasteiger partial charge in [0.15, 0.2) is 0 Å². The Morgan fingerprint density at radius 1 is 1.29 bits per heavy atom. The quantitative estimate of drug-likeness (QED) is 0.750. The van der Waals surface area contributed by atoms with E-state index in [1.807, 2.05) is 13.0 Å². The first-order valence-electron chi connectivity index (χ1n) is 4.68. The fourth-order valence-electron chi connectivity index (χ4n) is 1.23. The molecule has 0 aliphatic carbocycles. The van der Waals surface area contributed by atoms with Gasteiger partial charge in [-0.2, -0.15) is 4.98 Å². The van der Waals surface area contributed by atoms with Gasteiger partial charge in [-0.1, -0.05) is 11.6 Å². The van der Waals surface area contributed by atoms with Crippen LogP contribution in [0, 0.1) is 6.92 Å². The Kier molecular flexibility index (Phi) is 3.86. The van der Waals surface area contributed by atoms with Crippen LogP contribution in [0.4, 0.5) is 0 Å². The number of ether oxygens (including phenoxy) is 1. The van der Waals surface area contributed by atoms with Crippen LogP contribution in [0.15, 0.2) is 28.9 Å². The number of rotatable bonds is 2. The monoisotopic (exact) mass is 332 g/mol. The Morgan fingerprint density at radius 2 is 2.06 bits per heavy atom. The molecule has 0 aliphatic heterocycles. The van der Waals surface area contributed by atoms with Gasteiger partial charge in [0.25, 0.3) is 0 Å². The third-order valence-corrected chi connectivity index (χ3v) is 2.99. The Morgan fingerprint density at radius 3 is 2.76 bits per heavy atom. The molecule has 2 aromatic rings. The van der Waals surface area contributed by atoms with Crippen molar-refractivity contribution in [3.8, 4) is 11.6 Å². The zero-order chi connectivity index (χ0) is 12.4. The van der Waals surface area contributed by atoms with Gasteiger partial charge in [0.2, 0.25) is 11.2 Å². The van der Waals surface area contributed by atoms with Crippen LogP contribution in [0.3, 0.4) is 0 Å². The molecule has 0 bridgehead atoms. The van der Waals surface area contributed by atoms with Crippen molar-refractivity contribution >= 4 is 39.1 Å². The van der Waals surface area contributed by atoms with Gasteiger partial charge in [0.1, 0.15) is 5.75 Å². The maximum absolute atomic E-state index is 5.86. The summed E-state index contributed by atoms with van der Waals surface area (Å²) < 4.78 is 6.27. The number of hydrogen-bond acceptors (Lipinski definition) is 3. The Balaban J connectivity index is 2.34. The summed E-state index contributed by atoms with van der Waals surface area (Å²) in [6.45, 7) is 1.90. The number of aromatic nitrogens is 2. The summed E-state index contributed by atoms with van der Waals surface area (Å²) in [5.74, 6) is 1.04. The lowest BCUT2D eigenvalue weighted by Gasteiger charge is -2.09. The molecule has 3 nitrogen and oxygen atoms in total. The predicted octanol–water partition coefficient (Wildman–Crippen LogP) is 4.65. The second kappa shape index (κ2) is 5.21. The summed E-state index contributed by atoms with van der Waals surface area (Å²) in [6.07, 6.45) is 1.54. The molecule has 2 rings (SSSR count). The molecule has 0 saturated carbocycles. The Labute approximate surface area is 117 Å². The molecule has 0 unspecified atom stereocenters. The molecule has 0 amide bonds. The second-order valence-electron chi connectivity index (χ2n) is 3.30. The first kappa shape index (κ1) is 12.6. The zero-order valence-electron chi connectivity index (χ0n) is 8.75. The first-order valence-corrected chi connectivity index (χ1v) is 6.23. The molecule has 0 aliphatic rings. The van der Waals surface area contributed by atoms with E-state index in [4.69, 9.17) is 27.9 Å². The Bertz CT molecular complexity index is 563. The smallest absolute Gasteiger partial charge is 0.237 e. The van der Waals surface area contributed by atoms with E-state index in [-0.39, 0.29) is 5.28 Å². The number of aryl methyl sites for hydroxylation is 1. The van der Waals surface area contributed by atoms with Gasteiger partial charge in [-0.05, 0) is 58.2 Å². The van der Waals surface area contributed by atoms with Crippen molar-refractivity contribution in [1.82, 2.24) is 9.97 Å². The van der Waals surface area contributed by atoms with E-state index in [0.29, 0.717) is 21.1 Å². The summed E-state index contributed by atoms with van der Waals surface area (Å²) in [5, 5.41) is 0.796. The maximum Gasteiger partial charge on any atom is 0.237 e. The lowest BCUT2D eigenvalue weighted by molar-refractivity contribution is 0.455. The van der Waals surface area contributed by atoms with E-state index in [1.165, 1.54) is 6.20 Å². The van der Waals surface area contributed by atoms with E-state index in [9.17, 15) is 0 Å². The van der Waals surface area contributed by atoms with Gasteiger partial charge < -0.3 is 4.74 Å². The summed E-state index contributed by atoms with van der Waals surface area (Å²) in [7, 11) is 0. The molecule has 1 aromatic heterocycles. The summed E-state index contributed by atoms with van der Waals surface area (Å²) in [5.41, 5.74) is 0.916. The molecule has 0 radical (unpaired) electrons. The van der Waals surface area contributed by atoms with Crippen LogP contribution in [-0.4, -0.2) is 9.97 Å². The van der Waals surface area contributed by atoms with Crippen LogP contribution < -0.4 is 4.74 Å². The summed E-state index contributed by atoms with van der Waals surface area (Å²) in [4.78, 5) is 7.81. The summed E-state index contributed by atoms with van der Waals surface area (Å²) >= 11 is 14.9. The van der Waals surface area contributed by atoms with Gasteiger partial charge in [0, 0.05) is 11.2 Å². The fourth-order valence-corrected chi connectivity index (χ4v) is 1.86. The van der Waals surface area contributed by atoms with E-state index in [2.05, 4.69) is 25.9 Å². The minimum absolute atomic E-state index is 0.134. The number of halogens is 3. The predicted molar refractivity (Wildman–Crippen MR) is 71.0 cm³/mol. The normalized spacial score (nSPS) is 10.4. The van der Waals surface area contributed by atoms with Crippen LogP contribution in [0.1, 0.15) is 5.56 Å². The molecule has 6 heteroatoms. The Hall–Kier alpha value is -0.840. The van der Waals surface area contributed by atoms with Crippen molar-refractivity contribution in [2.24, 2.45) is 0 Å². The fraction of sp³-hybridized carbons (Fsp3) is 0.0909. The molecule has 0 atom stereocenters. The number of benzene rings is 1. The average molecular weight is 334 g/mol. The van der Waals surface area contributed by atoms with Crippen LogP contribution >= 0.6 is 39.1 Å². The largest absolute Gasteiger partial charge is 0.437 e. The van der Waals surface area contributed by atoms with Crippen molar-refractivity contribution in [3.63, 3.8) is 0 Å². The van der Waals surface area contributed by atoms with Crippen LogP contribution in [0.2, 0.25) is 10.3 Å². The third-order valence-electron chi connectivity index (χ3n) is 2.03. The van der Waals surface area contributed by atoms with Crippen molar-refractivity contribution < 1.29 is 4.74 Å². The van der Waals surface area contributed by atoms with Gasteiger partial charge in [-0.15, -0.1) is 0 Å². The van der Waals surface area contributed by atoms with Crippen molar-refractivity contribution in [3.05, 3.63) is 44.7 Å².